The van der Waals surface area contributed by atoms with E-state index in [1.807, 2.05) is 6.92 Å². The zero-order valence-corrected chi connectivity index (χ0v) is 23.5. The number of aliphatic hydroxyl groups is 6. The van der Waals surface area contributed by atoms with Gasteiger partial charge in [-0.1, -0.05) is 46.3 Å². The van der Waals surface area contributed by atoms with Gasteiger partial charge in [-0.15, -0.1) is 0 Å². The smallest absolute Gasteiger partial charge is 0.310 e. The highest BCUT2D eigenvalue weighted by atomic mass is 16.4. The Morgan fingerprint density at radius 3 is 2.16 bits per heavy atom. The molecule has 0 radical (unpaired) electrons. The molecular weight excluding hydrogens is 488 g/mol. The van der Waals surface area contributed by atoms with Crippen LogP contribution >= 0.6 is 0 Å². The van der Waals surface area contributed by atoms with Gasteiger partial charge in [0.2, 0.25) is 0 Å². The molecule has 13 atom stereocenters. The van der Waals surface area contributed by atoms with Crippen LogP contribution in [0.3, 0.4) is 0 Å². The molecule has 7 N–H and O–H groups in total. The third kappa shape index (κ3) is 3.16. The summed E-state index contributed by atoms with van der Waals surface area (Å²) < 4.78 is 0. The van der Waals surface area contributed by atoms with Crippen molar-refractivity contribution in [2.24, 2.45) is 50.7 Å². The molecule has 0 aromatic heterocycles. The molecule has 4 saturated carbocycles. The van der Waals surface area contributed by atoms with Crippen LogP contribution in [0.2, 0.25) is 0 Å². The fraction of sp³-hybridized carbons (Fsp3) is 0.900. The second-order valence-electron chi connectivity index (χ2n) is 14.8. The molecule has 4 fully saturated rings. The maximum absolute atomic E-state index is 12.9. The summed E-state index contributed by atoms with van der Waals surface area (Å²) in [5.41, 5.74) is -3.87. The first-order chi connectivity index (χ1) is 17.5. The first-order valence-electron chi connectivity index (χ1n) is 14.4. The SMILES string of the molecule is C[C@@H]1[C@H]2C3=CC[C@@H]4[C@@]5(C)C[C@@H](O)[C@H](O)[C@@](C)(CO)[C@@H]5[C@H](O)C[C@@]4(C)[C@]3(C)CC[C@@]2(C(=O)O)CC[C@@]1(O)CO. The van der Waals surface area contributed by atoms with Crippen LogP contribution in [0.1, 0.15) is 79.6 Å². The van der Waals surface area contributed by atoms with E-state index in [0.717, 1.165) is 5.57 Å². The van der Waals surface area contributed by atoms with Crippen LogP contribution in [0.5, 0.6) is 0 Å². The molecule has 0 aliphatic heterocycles. The molecule has 38 heavy (non-hydrogen) atoms. The minimum atomic E-state index is -1.35. The molecule has 0 aromatic rings. The Morgan fingerprint density at radius 1 is 0.947 bits per heavy atom. The topological polar surface area (TPSA) is 159 Å². The number of carboxylic acid groups (broad SMARTS) is 1. The van der Waals surface area contributed by atoms with Gasteiger partial charge in [-0.3, -0.25) is 4.79 Å². The second-order valence-corrected chi connectivity index (χ2v) is 14.8. The van der Waals surface area contributed by atoms with Crippen molar-refractivity contribution in [1.82, 2.24) is 0 Å². The fourth-order valence-electron chi connectivity index (χ4n) is 11.3. The molecule has 0 aromatic carbocycles. The second kappa shape index (κ2) is 8.49. The number of carboxylic acids is 1. The van der Waals surface area contributed by atoms with Gasteiger partial charge in [-0.25, -0.2) is 0 Å². The van der Waals surface area contributed by atoms with Crippen molar-refractivity contribution in [3.8, 4) is 0 Å². The van der Waals surface area contributed by atoms with Gasteiger partial charge in [0, 0.05) is 17.3 Å². The van der Waals surface area contributed by atoms with Gasteiger partial charge < -0.3 is 35.7 Å². The molecular formula is C30H48O8. The maximum Gasteiger partial charge on any atom is 0.310 e. The zero-order valence-electron chi connectivity index (χ0n) is 23.5. The first kappa shape index (κ1) is 28.5. The third-order valence-corrected chi connectivity index (χ3v) is 13.6. The molecule has 8 heteroatoms. The van der Waals surface area contributed by atoms with E-state index in [1.54, 1.807) is 6.92 Å². The molecule has 0 spiro atoms. The van der Waals surface area contributed by atoms with Gasteiger partial charge >= 0.3 is 5.97 Å². The summed E-state index contributed by atoms with van der Waals surface area (Å²) in [5.74, 6) is -2.12. The molecule has 0 heterocycles. The Hall–Kier alpha value is -1.03. The van der Waals surface area contributed by atoms with Crippen LogP contribution in [0, 0.1) is 50.7 Å². The third-order valence-electron chi connectivity index (χ3n) is 13.6. The van der Waals surface area contributed by atoms with Crippen LogP contribution < -0.4 is 0 Å². The predicted molar refractivity (Wildman–Crippen MR) is 140 cm³/mol. The van der Waals surface area contributed by atoms with Gasteiger partial charge in [0.1, 0.15) is 0 Å². The lowest BCUT2D eigenvalue weighted by molar-refractivity contribution is -0.274. The van der Waals surface area contributed by atoms with Crippen molar-refractivity contribution in [3.05, 3.63) is 11.6 Å². The van der Waals surface area contributed by atoms with E-state index in [-0.39, 0.29) is 18.9 Å². The Kier molecular flexibility index (Phi) is 6.37. The normalized spacial score (nSPS) is 58.1. The number of carbonyl (C=O) groups is 1. The molecule has 0 bridgehead atoms. The monoisotopic (exact) mass is 536 g/mol. The minimum Gasteiger partial charge on any atom is -0.481 e. The molecule has 216 valence electrons. The molecule has 5 aliphatic rings. The average Bonchev–Trinajstić information content (AvgIpc) is 2.84. The number of aliphatic carboxylic acids is 1. The maximum atomic E-state index is 12.9. The number of rotatable bonds is 3. The fourth-order valence-corrected chi connectivity index (χ4v) is 11.3. The predicted octanol–water partition coefficient (Wildman–Crippen LogP) is 2.09. The van der Waals surface area contributed by atoms with Crippen molar-refractivity contribution >= 4 is 5.97 Å². The van der Waals surface area contributed by atoms with E-state index in [2.05, 4.69) is 26.8 Å². The highest BCUT2D eigenvalue weighted by Gasteiger charge is 2.73. The molecule has 5 aliphatic carbocycles. The van der Waals surface area contributed by atoms with Crippen molar-refractivity contribution in [1.29, 1.82) is 0 Å². The quantitative estimate of drug-likeness (QED) is 0.270. The van der Waals surface area contributed by atoms with Crippen LogP contribution in [0.15, 0.2) is 11.6 Å². The van der Waals surface area contributed by atoms with E-state index in [9.17, 15) is 40.5 Å². The Labute approximate surface area is 225 Å². The molecule has 0 amide bonds. The Bertz CT molecular complexity index is 1030. The number of hydrogen-bond acceptors (Lipinski definition) is 7. The number of aliphatic hydroxyl groups excluding tert-OH is 5. The molecule has 8 nitrogen and oxygen atoms in total. The number of hydrogen-bond donors (Lipinski definition) is 7. The summed E-state index contributed by atoms with van der Waals surface area (Å²) in [6, 6.07) is 0. The van der Waals surface area contributed by atoms with Gasteiger partial charge in [0.05, 0.1) is 42.5 Å². The summed E-state index contributed by atoms with van der Waals surface area (Å²) in [5, 5.41) is 76.2. The van der Waals surface area contributed by atoms with Gasteiger partial charge in [-0.2, -0.15) is 0 Å². The van der Waals surface area contributed by atoms with Crippen LogP contribution in [-0.4, -0.2) is 78.8 Å². The molecule has 0 saturated heterocycles. The van der Waals surface area contributed by atoms with E-state index >= 15 is 0 Å². The average molecular weight is 537 g/mol. The van der Waals surface area contributed by atoms with Gasteiger partial charge in [-0.05, 0) is 73.0 Å². The van der Waals surface area contributed by atoms with Crippen LogP contribution in [0.4, 0.5) is 0 Å². The van der Waals surface area contributed by atoms with Crippen LogP contribution in [0.25, 0.3) is 0 Å². The highest BCUT2D eigenvalue weighted by molar-refractivity contribution is 5.77. The zero-order chi connectivity index (χ0) is 28.3. The Balaban J connectivity index is 1.66. The summed E-state index contributed by atoms with van der Waals surface area (Å²) in [6.45, 7) is 9.35. The van der Waals surface area contributed by atoms with Crippen molar-refractivity contribution in [2.75, 3.05) is 13.2 Å². The largest absolute Gasteiger partial charge is 0.481 e. The number of fused-ring (bicyclic) bond motifs is 7. The lowest BCUT2D eigenvalue weighted by atomic mass is 9.32. The van der Waals surface area contributed by atoms with Gasteiger partial charge in [0.15, 0.2) is 0 Å². The summed E-state index contributed by atoms with van der Waals surface area (Å²) >= 11 is 0. The lowest BCUT2D eigenvalue weighted by Gasteiger charge is -2.72. The summed E-state index contributed by atoms with van der Waals surface area (Å²) in [4.78, 5) is 12.9. The summed E-state index contributed by atoms with van der Waals surface area (Å²) in [7, 11) is 0. The first-order valence-corrected chi connectivity index (χ1v) is 14.4. The summed E-state index contributed by atoms with van der Waals surface area (Å²) in [6.07, 6.45) is 2.23. The van der Waals surface area contributed by atoms with E-state index < -0.39 is 81.3 Å². The van der Waals surface area contributed by atoms with E-state index in [1.165, 1.54) is 0 Å². The van der Waals surface area contributed by atoms with E-state index in [0.29, 0.717) is 38.5 Å². The minimum absolute atomic E-state index is 0.0260. The van der Waals surface area contributed by atoms with Crippen LogP contribution in [-0.2, 0) is 4.79 Å². The van der Waals surface area contributed by atoms with Gasteiger partial charge in [0.25, 0.3) is 0 Å². The Morgan fingerprint density at radius 2 is 1.58 bits per heavy atom. The number of allylic oxidation sites excluding steroid dienone is 2. The standard InChI is InChI=1S/C30H48O8/c1-16-21-17-6-7-20-25(2)12-19(34)23(35)26(3,14-31)22(25)18(33)13-28(20,5)27(17,4)8-9-29(21,24(36)37)10-11-30(16,38)15-32/h6,16,18-23,31-35,38H,7-15H2,1-5H3,(H,36,37)/t16-,18-,19-,20-,21+,22-,23+,25-,26+,27-,28-,29-,30-/m1/s1. The molecule has 0 unspecified atom stereocenters. The molecule has 5 rings (SSSR count). The van der Waals surface area contributed by atoms with Crippen molar-refractivity contribution in [2.45, 2.75) is 103 Å². The van der Waals surface area contributed by atoms with Crippen molar-refractivity contribution < 1.29 is 40.5 Å². The highest BCUT2D eigenvalue weighted by Crippen LogP contribution is 2.75. The van der Waals surface area contributed by atoms with E-state index in [4.69, 9.17) is 0 Å². The van der Waals surface area contributed by atoms with Crippen molar-refractivity contribution in [3.63, 3.8) is 0 Å². The lowest BCUT2D eigenvalue weighted by Crippen LogP contribution is -2.72.